The Hall–Kier alpha value is -4.43. The minimum Gasteiger partial charge on any atom is -0.333 e. The van der Waals surface area contributed by atoms with E-state index in [2.05, 4.69) is 136 Å². The summed E-state index contributed by atoms with van der Waals surface area (Å²) in [6, 6.07) is 50.1. The maximum atomic E-state index is 8.49. The average molecular weight is 1000 g/mol. The Labute approximate surface area is 358 Å². The molecule has 0 aliphatic rings. The third-order valence-corrected chi connectivity index (χ3v) is 16.7. The van der Waals surface area contributed by atoms with Crippen LogP contribution >= 0.6 is 22.7 Å². The second kappa shape index (κ2) is 15.5. The topological polar surface area (TPSA) is 30.7 Å². The fourth-order valence-electron chi connectivity index (χ4n) is 7.36. The number of para-hydroxylation sites is 2. The van der Waals surface area contributed by atoms with Crippen LogP contribution in [0.2, 0.25) is 17.3 Å². The van der Waals surface area contributed by atoms with Gasteiger partial charge in [-0.05, 0) is 52.6 Å². The third-order valence-electron chi connectivity index (χ3n) is 10.1. The van der Waals surface area contributed by atoms with Crippen molar-refractivity contribution in [3.8, 4) is 28.3 Å². The van der Waals surface area contributed by atoms with Crippen molar-refractivity contribution in [1.82, 2.24) is 14.5 Å². The number of fused-ring (bicyclic) bond motifs is 7. The van der Waals surface area contributed by atoms with E-state index in [1.165, 1.54) is 50.8 Å². The summed E-state index contributed by atoms with van der Waals surface area (Å²) in [6.45, 7) is 1.66. The molecule has 4 aromatic heterocycles. The summed E-state index contributed by atoms with van der Waals surface area (Å²) in [5, 5.41) is 5.14. The zero-order chi connectivity index (χ0) is 41.3. The van der Waals surface area contributed by atoms with Crippen LogP contribution in [0.4, 0.5) is 0 Å². The Kier molecular flexibility index (Phi) is 9.32. The van der Waals surface area contributed by atoms with Crippen LogP contribution in [0.1, 0.15) is 36.4 Å². The van der Waals surface area contributed by atoms with E-state index in [-0.39, 0.29) is 25.7 Å². The van der Waals surface area contributed by atoms with Crippen molar-refractivity contribution in [2.45, 2.75) is 43.9 Å². The average Bonchev–Trinajstić information content (AvgIpc) is 3.91. The number of hydrogen-bond acceptors (Lipinski definition) is 4. The molecule has 10 aromatic rings. The van der Waals surface area contributed by atoms with Gasteiger partial charge in [0.15, 0.2) is 0 Å². The first-order chi connectivity index (χ1) is 28.1. The van der Waals surface area contributed by atoms with Gasteiger partial charge in [-0.15, -0.1) is 29.5 Å². The third kappa shape index (κ3) is 7.07. The second-order valence-corrected chi connectivity index (χ2v) is 27.8. The van der Waals surface area contributed by atoms with Crippen LogP contribution < -0.4 is 4.40 Å². The molecule has 7 heteroatoms. The molecule has 0 bridgehead atoms. The predicted octanol–water partition coefficient (Wildman–Crippen LogP) is 13.8. The van der Waals surface area contributed by atoms with Gasteiger partial charge in [-0.25, -0.2) is 0 Å². The van der Waals surface area contributed by atoms with Crippen LogP contribution in [0.25, 0.3) is 79.7 Å². The molecule has 0 fully saturated rings. The standard InChI is InChI=1S/C31H17N2S2.C18H24GeN.Ir/c1-6-15-28-20(8-1)22-10-7-11-23(30(22)35-28)31-32-25-12-3-4-13-26(25)33(31)19-16-17-29-24(18-19)21-9-2-5-14-27(21)34-29;1-13(2)16-11-18(15-9-7-14(3)8-10-15)20-12-17(16)19(4,5)6;/h1-10,12-18H;7-9,11-13H,1-6H3;/q2*-1;/i;3D3,13D;. The SMILES string of the molecule is [2H]C([2H])([2H])c1c[c-]c(-c2cc(C([2H])(C)C)[c]([Ge]([CH3])([CH3])[CH3])cn2)cc1.[Ir].[c-]1ccc2c(sc3ccccc32)c1-c1nc2ccccc2n1-c1ccc2sc3ccccc3c2c1. The largest absolute Gasteiger partial charge is 0.333 e. The van der Waals surface area contributed by atoms with Crippen LogP contribution in [-0.4, -0.2) is 27.8 Å². The molecule has 0 amide bonds. The van der Waals surface area contributed by atoms with Crippen LogP contribution in [0.3, 0.4) is 0 Å². The smallest absolute Gasteiger partial charge is 0.0774 e. The van der Waals surface area contributed by atoms with Crippen molar-refractivity contribution >= 4 is 91.7 Å². The molecule has 0 aliphatic heterocycles. The molecule has 0 saturated heterocycles. The molecule has 56 heavy (non-hydrogen) atoms. The Morgan fingerprint density at radius 1 is 0.750 bits per heavy atom. The Balaban J connectivity index is 0.000000177. The molecule has 0 saturated carbocycles. The fraction of sp³-hybridized carbons (Fsp3) is 0.143. The molecule has 0 atom stereocenters. The Bertz CT molecular complexity index is 3190. The summed E-state index contributed by atoms with van der Waals surface area (Å²) in [5.41, 5.74) is 7.03. The van der Waals surface area contributed by atoms with Gasteiger partial charge in [0.2, 0.25) is 0 Å². The number of benzene rings is 6. The van der Waals surface area contributed by atoms with Gasteiger partial charge in [0.1, 0.15) is 0 Å². The molecular formula is C49H41GeIrN3S2-2. The number of rotatable bonds is 5. The maximum Gasteiger partial charge on any atom is 0.0774 e. The van der Waals surface area contributed by atoms with E-state index in [4.69, 9.17) is 10.5 Å². The van der Waals surface area contributed by atoms with Gasteiger partial charge < -0.3 is 4.57 Å². The number of thiophene rings is 2. The van der Waals surface area contributed by atoms with Crippen LogP contribution in [-0.2, 0) is 20.1 Å². The fourth-order valence-corrected chi connectivity index (χ4v) is 13.0. The summed E-state index contributed by atoms with van der Waals surface area (Å²) in [4.78, 5) is 9.72. The first-order valence-electron chi connectivity index (χ1n) is 20.4. The van der Waals surface area contributed by atoms with Crippen molar-refractivity contribution in [3.63, 3.8) is 0 Å². The van der Waals surface area contributed by atoms with E-state index >= 15 is 0 Å². The Morgan fingerprint density at radius 2 is 1.46 bits per heavy atom. The minimum atomic E-state index is -2.14. The van der Waals surface area contributed by atoms with Crippen molar-refractivity contribution in [3.05, 3.63) is 157 Å². The van der Waals surface area contributed by atoms with Crippen LogP contribution in [0, 0.1) is 19.0 Å². The van der Waals surface area contributed by atoms with E-state index < -0.39 is 26.0 Å². The molecule has 10 rings (SSSR count). The van der Waals surface area contributed by atoms with E-state index in [9.17, 15) is 0 Å². The quantitative estimate of drug-likeness (QED) is 0.127. The second-order valence-electron chi connectivity index (χ2n) is 15.1. The summed E-state index contributed by atoms with van der Waals surface area (Å²) in [5.74, 6) is 7.11. The minimum absolute atomic E-state index is 0. The number of pyridine rings is 1. The van der Waals surface area contributed by atoms with Gasteiger partial charge >= 0.3 is 131 Å². The first kappa shape index (κ1) is 33.7. The summed E-state index contributed by atoms with van der Waals surface area (Å²) in [7, 11) is 0. The maximum absolute atomic E-state index is 8.49. The van der Waals surface area contributed by atoms with E-state index in [1.807, 2.05) is 54.9 Å². The first-order valence-corrected chi connectivity index (χ1v) is 27.4. The van der Waals surface area contributed by atoms with Gasteiger partial charge in [0.25, 0.3) is 0 Å². The van der Waals surface area contributed by atoms with Crippen LogP contribution in [0.5, 0.6) is 0 Å². The molecule has 279 valence electrons. The number of aryl methyl sites for hydroxylation is 1. The van der Waals surface area contributed by atoms with Crippen molar-refractivity contribution < 1.29 is 25.6 Å². The van der Waals surface area contributed by atoms with Gasteiger partial charge in [-0.3, -0.25) is 4.98 Å². The molecular weight excluding hydrogens is 960 g/mol. The summed E-state index contributed by atoms with van der Waals surface area (Å²) < 4.78 is 39.5. The monoisotopic (exact) mass is 1010 g/mol. The van der Waals surface area contributed by atoms with Crippen molar-refractivity contribution in [2.24, 2.45) is 0 Å². The summed E-state index contributed by atoms with van der Waals surface area (Å²) in [6.07, 6.45) is 1.91. The van der Waals surface area contributed by atoms with E-state index in [0.29, 0.717) is 0 Å². The number of hydrogen-bond donors (Lipinski definition) is 0. The molecule has 3 nitrogen and oxygen atoms in total. The van der Waals surface area contributed by atoms with Crippen LogP contribution in [0.15, 0.2) is 134 Å². The number of aromatic nitrogens is 3. The molecule has 0 spiro atoms. The molecule has 1 radical (unpaired) electrons. The molecule has 4 heterocycles. The van der Waals surface area contributed by atoms with E-state index in [0.717, 1.165) is 44.9 Å². The van der Waals surface area contributed by atoms with Gasteiger partial charge in [0, 0.05) is 50.7 Å². The zero-order valence-electron chi connectivity index (χ0n) is 35.7. The molecule has 6 aromatic carbocycles. The van der Waals surface area contributed by atoms with Gasteiger partial charge in [-0.2, -0.15) is 11.3 Å². The van der Waals surface area contributed by atoms with Gasteiger partial charge in [-0.1, -0.05) is 59.5 Å². The predicted molar refractivity (Wildman–Crippen MR) is 241 cm³/mol. The summed E-state index contributed by atoms with van der Waals surface area (Å²) >= 11 is 1.53. The van der Waals surface area contributed by atoms with Crippen molar-refractivity contribution in [2.75, 3.05) is 0 Å². The Morgan fingerprint density at radius 3 is 2.20 bits per heavy atom. The van der Waals surface area contributed by atoms with Crippen molar-refractivity contribution in [1.29, 1.82) is 0 Å². The van der Waals surface area contributed by atoms with Gasteiger partial charge in [0.05, 0.1) is 16.9 Å². The molecule has 0 unspecified atom stereocenters. The van der Waals surface area contributed by atoms with E-state index in [1.54, 1.807) is 12.1 Å². The zero-order valence-corrected chi connectivity index (χ0v) is 37.8. The normalized spacial score (nSPS) is 13.2. The molecule has 0 aliphatic carbocycles. The number of nitrogens with zero attached hydrogens (tertiary/aromatic N) is 3. The molecule has 0 N–H and O–H groups in total. The number of imidazole rings is 1.